The minimum atomic E-state index is 0. The molecule has 0 atom stereocenters. The van der Waals surface area contributed by atoms with Gasteiger partial charge in [0.2, 0.25) is 0 Å². The summed E-state index contributed by atoms with van der Waals surface area (Å²) in [4.78, 5) is 13.7. The summed E-state index contributed by atoms with van der Waals surface area (Å²) in [5, 5.41) is 3.15. The highest BCUT2D eigenvalue weighted by Crippen LogP contribution is 2.10. The van der Waals surface area contributed by atoms with Crippen LogP contribution in [0.4, 0.5) is 0 Å². The van der Waals surface area contributed by atoms with Crippen molar-refractivity contribution in [1.82, 2.24) is 20.1 Å². The zero-order valence-corrected chi connectivity index (χ0v) is 19.6. The van der Waals surface area contributed by atoms with E-state index in [1.165, 1.54) is 30.6 Å². The van der Waals surface area contributed by atoms with Crippen LogP contribution >= 0.6 is 24.0 Å². The normalized spacial score (nSPS) is 16.1. The fraction of sp³-hybridized carbons (Fsp3) is 0.455. The number of aromatic nitrogens is 1. The van der Waals surface area contributed by atoms with Crippen molar-refractivity contribution in [2.75, 3.05) is 39.8 Å². The first-order valence-corrected chi connectivity index (χ1v) is 10.1. The first-order chi connectivity index (χ1) is 13.7. The summed E-state index contributed by atoms with van der Waals surface area (Å²) >= 11 is 0. The van der Waals surface area contributed by atoms with Gasteiger partial charge in [-0.1, -0.05) is 30.3 Å². The number of rotatable bonds is 7. The number of guanidine groups is 1. The van der Waals surface area contributed by atoms with Crippen molar-refractivity contribution in [3.63, 3.8) is 0 Å². The Morgan fingerprint density at radius 2 is 1.86 bits per heavy atom. The van der Waals surface area contributed by atoms with Crippen LogP contribution in [-0.4, -0.2) is 60.5 Å². The Hall–Kier alpha value is -1.71. The van der Waals surface area contributed by atoms with Gasteiger partial charge in [0.05, 0.1) is 6.54 Å². The molecule has 0 radical (unpaired) electrons. The summed E-state index contributed by atoms with van der Waals surface area (Å²) in [6, 6.07) is 14.7. The maximum absolute atomic E-state index is 5.97. The lowest BCUT2D eigenvalue weighted by atomic mass is 10.1. The number of pyridine rings is 1. The summed E-state index contributed by atoms with van der Waals surface area (Å²) in [7, 11) is 2.21. The smallest absolute Gasteiger partial charge is 0.188 e. The van der Waals surface area contributed by atoms with Crippen LogP contribution in [0.5, 0.6) is 0 Å². The maximum Gasteiger partial charge on any atom is 0.188 e. The molecule has 1 aliphatic heterocycles. The topological polar surface area (TPSA) is 69.8 Å². The van der Waals surface area contributed by atoms with E-state index in [9.17, 15) is 0 Å². The lowest BCUT2D eigenvalue weighted by Crippen LogP contribution is -2.33. The molecule has 0 unspecified atom stereocenters. The van der Waals surface area contributed by atoms with Crippen molar-refractivity contribution in [2.45, 2.75) is 25.9 Å². The molecule has 1 aromatic carbocycles. The van der Waals surface area contributed by atoms with E-state index in [0.717, 1.165) is 38.3 Å². The molecule has 0 aliphatic carbocycles. The van der Waals surface area contributed by atoms with Gasteiger partial charge in [-0.2, -0.15) is 0 Å². The van der Waals surface area contributed by atoms with Crippen LogP contribution in [0.15, 0.2) is 53.7 Å². The molecule has 1 aromatic heterocycles. The van der Waals surface area contributed by atoms with Crippen molar-refractivity contribution in [2.24, 2.45) is 10.7 Å². The number of benzene rings is 1. The molecule has 29 heavy (non-hydrogen) atoms. The zero-order chi connectivity index (χ0) is 19.6. The number of aliphatic imine (C=N–C) groups is 1. The summed E-state index contributed by atoms with van der Waals surface area (Å²) in [6.07, 6.45) is 3.88. The molecule has 2 aromatic rings. The van der Waals surface area contributed by atoms with Crippen LogP contribution < -0.4 is 11.1 Å². The molecule has 1 saturated heterocycles. The Morgan fingerprint density at radius 3 is 2.62 bits per heavy atom. The molecule has 0 amide bonds. The zero-order valence-electron chi connectivity index (χ0n) is 17.3. The third-order valence-corrected chi connectivity index (χ3v) is 5.09. The molecule has 3 N–H and O–H groups in total. The van der Waals surface area contributed by atoms with Crippen molar-refractivity contribution >= 4 is 29.9 Å². The highest BCUT2D eigenvalue weighted by Gasteiger charge is 2.12. The number of nitrogens with zero attached hydrogens (tertiary/aromatic N) is 4. The molecule has 158 valence electrons. The third kappa shape index (κ3) is 8.67. The third-order valence-electron chi connectivity index (χ3n) is 5.09. The minimum Gasteiger partial charge on any atom is -0.370 e. The predicted molar refractivity (Wildman–Crippen MR) is 131 cm³/mol. The molecular weight excluding hydrogens is 475 g/mol. The Kier molecular flexibility index (Phi) is 10.4. The van der Waals surface area contributed by atoms with Crippen molar-refractivity contribution < 1.29 is 0 Å². The molecule has 2 heterocycles. The van der Waals surface area contributed by atoms with Crippen molar-refractivity contribution in [1.29, 1.82) is 0 Å². The van der Waals surface area contributed by atoms with Gasteiger partial charge in [-0.3, -0.25) is 9.88 Å². The van der Waals surface area contributed by atoms with E-state index >= 15 is 0 Å². The molecule has 0 saturated carbocycles. The van der Waals surface area contributed by atoms with E-state index in [2.05, 4.69) is 56.4 Å². The Balaban J connectivity index is 0.00000300. The van der Waals surface area contributed by atoms with Crippen LogP contribution in [-0.2, 0) is 19.5 Å². The highest BCUT2D eigenvalue weighted by atomic mass is 127. The van der Waals surface area contributed by atoms with Crippen LogP contribution in [0, 0.1) is 0 Å². The number of halogens is 1. The fourth-order valence-corrected chi connectivity index (χ4v) is 3.36. The summed E-state index contributed by atoms with van der Waals surface area (Å²) in [5.41, 5.74) is 9.56. The molecule has 3 rings (SSSR count). The van der Waals surface area contributed by atoms with Gasteiger partial charge >= 0.3 is 0 Å². The van der Waals surface area contributed by atoms with Crippen LogP contribution in [0.25, 0.3) is 0 Å². The largest absolute Gasteiger partial charge is 0.370 e. The van der Waals surface area contributed by atoms with E-state index in [1.54, 1.807) is 0 Å². The van der Waals surface area contributed by atoms with Crippen LogP contribution in [0.3, 0.4) is 0 Å². The fourth-order valence-electron chi connectivity index (χ4n) is 3.36. The van der Waals surface area contributed by atoms with Crippen molar-refractivity contribution in [3.05, 3.63) is 65.5 Å². The Bertz CT molecular complexity index is 735. The van der Waals surface area contributed by atoms with Crippen LogP contribution in [0.2, 0.25) is 0 Å². The van der Waals surface area contributed by atoms with Gasteiger partial charge in [-0.05, 0) is 49.8 Å². The minimum absolute atomic E-state index is 0. The Labute approximate surface area is 191 Å². The number of hydrogen-bond donors (Lipinski definition) is 2. The van der Waals surface area contributed by atoms with E-state index < -0.39 is 0 Å². The van der Waals surface area contributed by atoms with Crippen LogP contribution in [0.1, 0.15) is 23.2 Å². The molecular formula is C22H33IN6. The average molecular weight is 508 g/mol. The second-order valence-corrected chi connectivity index (χ2v) is 7.45. The SMILES string of the molecule is CN1CCCN(Cc2ccc(CN=C(N)NCCc3ccccn3)cc2)CC1.I. The Morgan fingerprint density at radius 1 is 1.07 bits per heavy atom. The van der Waals surface area contributed by atoms with Gasteiger partial charge in [0.1, 0.15) is 0 Å². The molecule has 1 fully saturated rings. The average Bonchev–Trinajstić information content (AvgIpc) is 2.92. The van der Waals surface area contributed by atoms with E-state index in [1.807, 2.05) is 24.4 Å². The molecule has 6 nitrogen and oxygen atoms in total. The second-order valence-electron chi connectivity index (χ2n) is 7.45. The number of likely N-dealkylation sites (N-methyl/N-ethyl adjacent to an activating group) is 1. The second kappa shape index (κ2) is 12.8. The number of nitrogens with two attached hydrogens (primary N) is 1. The summed E-state index contributed by atoms with van der Waals surface area (Å²) < 4.78 is 0. The van der Waals surface area contributed by atoms with E-state index in [-0.39, 0.29) is 24.0 Å². The standard InChI is InChI=1S/C22H32N6.HI/c1-27-13-4-14-28(16-15-27)18-20-8-6-19(7-9-20)17-26-22(23)25-12-10-21-5-2-3-11-24-21;/h2-3,5-9,11H,4,10,12-18H2,1H3,(H3,23,25,26);1H. The lowest BCUT2D eigenvalue weighted by Gasteiger charge is -2.20. The first kappa shape index (κ1) is 23.6. The van der Waals surface area contributed by atoms with Gasteiger partial charge < -0.3 is 16.0 Å². The van der Waals surface area contributed by atoms with Gasteiger partial charge in [-0.15, -0.1) is 24.0 Å². The number of hydrogen-bond acceptors (Lipinski definition) is 4. The summed E-state index contributed by atoms with van der Waals surface area (Å²) in [5.74, 6) is 0.480. The van der Waals surface area contributed by atoms with E-state index in [4.69, 9.17) is 5.73 Å². The molecule has 1 aliphatic rings. The van der Waals surface area contributed by atoms with Crippen molar-refractivity contribution in [3.8, 4) is 0 Å². The monoisotopic (exact) mass is 508 g/mol. The van der Waals surface area contributed by atoms with Gasteiger partial charge in [-0.25, -0.2) is 4.99 Å². The predicted octanol–water partition coefficient (Wildman–Crippen LogP) is 2.48. The number of nitrogens with one attached hydrogen (secondary N) is 1. The van der Waals surface area contributed by atoms with Gasteiger partial charge in [0.25, 0.3) is 0 Å². The highest BCUT2D eigenvalue weighted by molar-refractivity contribution is 14.0. The van der Waals surface area contributed by atoms with Gasteiger partial charge in [0.15, 0.2) is 5.96 Å². The molecule has 7 heteroatoms. The quantitative estimate of drug-likeness (QED) is 0.342. The lowest BCUT2D eigenvalue weighted by molar-refractivity contribution is 0.269. The van der Waals surface area contributed by atoms with E-state index in [0.29, 0.717) is 12.5 Å². The maximum atomic E-state index is 5.97. The molecule has 0 bridgehead atoms. The first-order valence-electron chi connectivity index (χ1n) is 10.1. The van der Waals surface area contributed by atoms with Gasteiger partial charge in [0, 0.05) is 44.5 Å². The summed E-state index contributed by atoms with van der Waals surface area (Å²) in [6.45, 7) is 7.02. The molecule has 0 spiro atoms.